The van der Waals surface area contributed by atoms with Crippen LogP contribution in [-0.2, 0) is 21.1 Å². The zero-order valence-corrected chi connectivity index (χ0v) is 15.3. The minimum atomic E-state index is -1.16. The van der Waals surface area contributed by atoms with Crippen LogP contribution in [0.4, 0.5) is 0 Å². The smallest absolute Gasteiger partial charge is 0.358 e. The van der Waals surface area contributed by atoms with Gasteiger partial charge in [0.05, 0.1) is 5.71 Å². The van der Waals surface area contributed by atoms with Gasteiger partial charge < -0.3 is 14.8 Å². The highest BCUT2D eigenvalue weighted by molar-refractivity contribution is 6.42. The lowest BCUT2D eigenvalue weighted by molar-refractivity contribution is -0.129. The molecule has 1 aliphatic rings. The van der Waals surface area contributed by atoms with E-state index in [0.29, 0.717) is 23.0 Å². The number of benzene rings is 2. The van der Waals surface area contributed by atoms with Crippen LogP contribution in [0.3, 0.4) is 0 Å². The van der Waals surface area contributed by atoms with Crippen molar-refractivity contribution in [3.63, 3.8) is 0 Å². The molecule has 6 nitrogen and oxygen atoms in total. The summed E-state index contributed by atoms with van der Waals surface area (Å²) in [5, 5.41) is 17.2. The van der Waals surface area contributed by atoms with Gasteiger partial charge in [-0.2, -0.15) is 0 Å². The van der Waals surface area contributed by atoms with Gasteiger partial charge in [-0.25, -0.2) is 4.79 Å². The van der Waals surface area contributed by atoms with E-state index in [1.54, 1.807) is 18.2 Å². The third kappa shape index (κ3) is 4.53. The van der Waals surface area contributed by atoms with Gasteiger partial charge in [-0.15, -0.1) is 0 Å². The van der Waals surface area contributed by atoms with Crippen molar-refractivity contribution in [2.75, 3.05) is 7.11 Å². The molecular weight excluding hydrogens is 344 g/mol. The fourth-order valence-corrected chi connectivity index (χ4v) is 3.17. The molecule has 2 aromatic rings. The molecule has 0 bridgehead atoms. The number of carboxylic acids is 1. The van der Waals surface area contributed by atoms with E-state index in [1.807, 2.05) is 31.2 Å². The van der Waals surface area contributed by atoms with Crippen molar-refractivity contribution in [3.05, 3.63) is 71.3 Å². The molecule has 27 heavy (non-hydrogen) atoms. The highest BCUT2D eigenvalue weighted by Crippen LogP contribution is 2.48. The number of hydrogen-bond acceptors (Lipinski definition) is 5. The molecule has 6 heteroatoms. The van der Waals surface area contributed by atoms with Crippen LogP contribution in [0.1, 0.15) is 36.0 Å². The number of oxime groups is 2. The van der Waals surface area contributed by atoms with Crippen molar-refractivity contribution in [3.8, 4) is 0 Å². The van der Waals surface area contributed by atoms with E-state index in [-0.39, 0.29) is 12.3 Å². The molecule has 2 unspecified atom stereocenters. The van der Waals surface area contributed by atoms with Crippen LogP contribution in [-0.4, -0.2) is 29.6 Å². The monoisotopic (exact) mass is 366 g/mol. The Balaban J connectivity index is 1.65. The Labute approximate surface area is 158 Å². The van der Waals surface area contributed by atoms with Crippen LogP contribution < -0.4 is 0 Å². The number of rotatable bonds is 8. The van der Waals surface area contributed by atoms with E-state index >= 15 is 0 Å². The maximum absolute atomic E-state index is 11.4. The van der Waals surface area contributed by atoms with Gasteiger partial charge in [-0.3, -0.25) is 0 Å². The minimum absolute atomic E-state index is 0.159. The first-order valence-corrected chi connectivity index (χ1v) is 8.76. The Morgan fingerprint density at radius 2 is 1.81 bits per heavy atom. The van der Waals surface area contributed by atoms with Gasteiger partial charge in [0.2, 0.25) is 0 Å². The largest absolute Gasteiger partial charge is 0.476 e. The summed E-state index contributed by atoms with van der Waals surface area (Å²) in [5.74, 6) is -0.266. The van der Waals surface area contributed by atoms with Crippen LogP contribution in [0.15, 0.2) is 64.9 Å². The van der Waals surface area contributed by atoms with Crippen molar-refractivity contribution >= 4 is 17.4 Å². The lowest BCUT2D eigenvalue weighted by atomic mass is 10.0. The number of carbonyl (C=O) groups is 1. The second-order valence-electron chi connectivity index (χ2n) is 6.45. The molecule has 1 saturated carbocycles. The Hall–Kier alpha value is -3.15. The van der Waals surface area contributed by atoms with E-state index in [4.69, 9.17) is 4.84 Å². The van der Waals surface area contributed by atoms with Crippen LogP contribution in [0.2, 0.25) is 0 Å². The van der Waals surface area contributed by atoms with Crippen molar-refractivity contribution < 1.29 is 19.6 Å². The van der Waals surface area contributed by atoms with Gasteiger partial charge in [0.25, 0.3) is 0 Å². The normalized spacial score (nSPS) is 19.5. The first-order chi connectivity index (χ1) is 13.1. The van der Waals surface area contributed by atoms with Crippen molar-refractivity contribution in [2.24, 2.45) is 16.2 Å². The molecule has 0 heterocycles. The number of aliphatic carboxylic acids is 1. The molecule has 1 aliphatic carbocycles. The molecule has 3 rings (SSSR count). The molecule has 1 N–H and O–H groups in total. The quantitative estimate of drug-likeness (QED) is 0.569. The van der Waals surface area contributed by atoms with Crippen LogP contribution in [0, 0.1) is 5.92 Å². The van der Waals surface area contributed by atoms with Gasteiger partial charge in [0.15, 0.2) is 5.71 Å². The Bertz CT molecular complexity index is 861. The molecule has 2 aromatic carbocycles. The highest BCUT2D eigenvalue weighted by atomic mass is 16.6. The van der Waals surface area contributed by atoms with E-state index in [1.165, 1.54) is 12.7 Å². The fraction of sp³-hybridized carbons (Fsp3) is 0.286. The topological polar surface area (TPSA) is 80.5 Å². The number of carboxylic acid groups (broad SMARTS) is 1. The van der Waals surface area contributed by atoms with Gasteiger partial charge >= 0.3 is 5.97 Å². The van der Waals surface area contributed by atoms with Crippen molar-refractivity contribution in [1.82, 2.24) is 0 Å². The first-order valence-electron chi connectivity index (χ1n) is 8.76. The molecule has 140 valence electrons. The van der Waals surface area contributed by atoms with E-state index in [9.17, 15) is 9.90 Å². The summed E-state index contributed by atoms with van der Waals surface area (Å²) >= 11 is 0. The second-order valence-corrected chi connectivity index (χ2v) is 6.45. The second kappa shape index (κ2) is 8.49. The Morgan fingerprint density at radius 1 is 1.11 bits per heavy atom. The highest BCUT2D eigenvalue weighted by Gasteiger charge is 2.40. The lowest BCUT2D eigenvalue weighted by Gasteiger charge is -2.08. The van der Waals surface area contributed by atoms with Gasteiger partial charge in [-0.05, 0) is 24.8 Å². The van der Waals surface area contributed by atoms with E-state index in [2.05, 4.69) is 27.3 Å². The zero-order chi connectivity index (χ0) is 19.2. The van der Waals surface area contributed by atoms with Crippen LogP contribution >= 0.6 is 0 Å². The summed E-state index contributed by atoms with van der Waals surface area (Å²) < 4.78 is 0. The number of hydrogen-bond donors (Lipinski definition) is 1. The van der Waals surface area contributed by atoms with E-state index < -0.39 is 5.97 Å². The summed E-state index contributed by atoms with van der Waals surface area (Å²) in [6.07, 6.45) is 1.07. The molecule has 0 radical (unpaired) electrons. The summed E-state index contributed by atoms with van der Waals surface area (Å²) in [6, 6.07) is 17.4. The van der Waals surface area contributed by atoms with Crippen molar-refractivity contribution in [1.29, 1.82) is 0 Å². The molecule has 0 spiro atoms. The third-order valence-corrected chi connectivity index (χ3v) is 4.64. The van der Waals surface area contributed by atoms with Gasteiger partial charge in [0, 0.05) is 17.0 Å². The van der Waals surface area contributed by atoms with Gasteiger partial charge in [-0.1, -0.05) is 64.9 Å². The zero-order valence-electron chi connectivity index (χ0n) is 15.3. The SMILES string of the molecule is CON=C(C(=O)O)c1ccccc1CON=C(C)C1CC1c1ccccc1. The predicted molar refractivity (Wildman–Crippen MR) is 103 cm³/mol. The maximum Gasteiger partial charge on any atom is 0.358 e. The molecular formula is C21H22N2O4. The predicted octanol–water partition coefficient (Wildman–Crippen LogP) is 3.82. The third-order valence-electron chi connectivity index (χ3n) is 4.64. The summed E-state index contributed by atoms with van der Waals surface area (Å²) in [5.41, 5.74) is 3.24. The molecule has 0 saturated heterocycles. The fourth-order valence-electron chi connectivity index (χ4n) is 3.17. The molecule has 0 aliphatic heterocycles. The minimum Gasteiger partial charge on any atom is -0.476 e. The van der Waals surface area contributed by atoms with Crippen molar-refractivity contribution in [2.45, 2.75) is 25.9 Å². The average molecular weight is 366 g/mol. The standard InChI is InChI=1S/C21H22N2O4/c1-14(18-12-19(18)15-8-4-3-5-9-15)22-27-13-16-10-6-7-11-17(16)20(21(24)25)23-26-2/h3-11,18-19H,12-13H2,1-2H3,(H,24,25). The maximum atomic E-state index is 11.4. The van der Waals surface area contributed by atoms with E-state index in [0.717, 1.165) is 12.1 Å². The lowest BCUT2D eigenvalue weighted by Crippen LogP contribution is -2.17. The Kier molecular flexibility index (Phi) is 5.86. The van der Waals surface area contributed by atoms with Gasteiger partial charge in [0.1, 0.15) is 13.7 Å². The summed E-state index contributed by atoms with van der Waals surface area (Å²) in [6.45, 7) is 2.13. The van der Waals surface area contributed by atoms with Crippen LogP contribution in [0.25, 0.3) is 0 Å². The number of nitrogens with zero attached hydrogens (tertiary/aromatic N) is 2. The van der Waals surface area contributed by atoms with Crippen LogP contribution in [0.5, 0.6) is 0 Å². The molecule has 2 atom stereocenters. The summed E-state index contributed by atoms with van der Waals surface area (Å²) in [4.78, 5) is 21.6. The summed E-state index contributed by atoms with van der Waals surface area (Å²) in [7, 11) is 1.31. The average Bonchev–Trinajstić information content (AvgIpc) is 3.48. The first kappa shape index (κ1) is 18.6. The Morgan fingerprint density at radius 3 is 2.52 bits per heavy atom. The molecule has 1 fully saturated rings. The molecule has 0 aromatic heterocycles. The molecule has 0 amide bonds.